The lowest BCUT2D eigenvalue weighted by Crippen LogP contribution is -2.27. The van der Waals surface area contributed by atoms with Crippen LogP contribution in [0.3, 0.4) is 0 Å². The average Bonchev–Trinajstić information content (AvgIpc) is 2.86. The number of anilines is 1. The average molecular weight is 303 g/mol. The maximum absolute atomic E-state index is 11.9. The smallest absolute Gasteiger partial charge is 0.246 e. The zero-order valence-corrected chi connectivity index (χ0v) is 11.3. The van der Waals surface area contributed by atoms with Crippen LogP contribution in [0.2, 0.25) is 10.3 Å². The fourth-order valence-electron chi connectivity index (χ4n) is 1.25. The van der Waals surface area contributed by atoms with E-state index in [1.807, 2.05) is 11.4 Å². The molecule has 18 heavy (non-hydrogen) atoms. The second-order valence-corrected chi connectivity index (χ2v) is 5.01. The van der Waals surface area contributed by atoms with Crippen LogP contribution >= 0.6 is 34.5 Å². The van der Waals surface area contributed by atoms with Crippen LogP contribution in [-0.2, 0) is 4.79 Å². The van der Waals surface area contributed by atoms with Gasteiger partial charge in [-0.1, -0.05) is 29.3 Å². The molecule has 0 saturated carbocycles. The number of hydrogen-bond acceptors (Lipinski definition) is 5. The standard InChI is InChI=1S/C10H8Cl2N4OS/c11-8-7(9(12)15-4-14-8)16-10(17)6(13)5-2-1-3-18-5/h1-4,6H,13H2,(H,16,17). The van der Waals surface area contributed by atoms with Gasteiger partial charge in [0.15, 0.2) is 10.3 Å². The molecule has 0 aromatic carbocycles. The third kappa shape index (κ3) is 2.78. The van der Waals surface area contributed by atoms with Crippen molar-refractivity contribution in [2.45, 2.75) is 6.04 Å². The second-order valence-electron chi connectivity index (χ2n) is 3.31. The van der Waals surface area contributed by atoms with Crippen LogP contribution in [0.4, 0.5) is 5.69 Å². The van der Waals surface area contributed by atoms with Gasteiger partial charge in [0, 0.05) is 4.88 Å². The van der Waals surface area contributed by atoms with E-state index in [2.05, 4.69) is 15.3 Å². The van der Waals surface area contributed by atoms with Crippen molar-refractivity contribution in [3.8, 4) is 0 Å². The fourth-order valence-corrected chi connectivity index (χ4v) is 2.38. The lowest BCUT2D eigenvalue weighted by atomic mass is 10.2. The molecule has 2 heterocycles. The van der Waals surface area contributed by atoms with Gasteiger partial charge in [-0.3, -0.25) is 4.79 Å². The largest absolute Gasteiger partial charge is 0.319 e. The molecule has 0 spiro atoms. The van der Waals surface area contributed by atoms with Gasteiger partial charge in [-0.05, 0) is 11.4 Å². The van der Waals surface area contributed by atoms with E-state index in [1.165, 1.54) is 17.7 Å². The molecule has 1 atom stereocenters. The molecule has 5 nitrogen and oxygen atoms in total. The first-order valence-corrected chi connectivity index (χ1v) is 6.49. The third-order valence-corrected chi connectivity index (χ3v) is 3.66. The maximum Gasteiger partial charge on any atom is 0.246 e. The van der Waals surface area contributed by atoms with Crippen LogP contribution in [0.1, 0.15) is 10.9 Å². The van der Waals surface area contributed by atoms with Crippen molar-refractivity contribution in [1.82, 2.24) is 9.97 Å². The molecule has 2 rings (SSSR count). The number of carbonyl (C=O) groups excluding carboxylic acids is 1. The molecule has 2 aromatic heterocycles. The normalized spacial score (nSPS) is 12.2. The SMILES string of the molecule is NC(C(=O)Nc1c(Cl)ncnc1Cl)c1cccs1. The van der Waals surface area contributed by atoms with Gasteiger partial charge >= 0.3 is 0 Å². The summed E-state index contributed by atoms with van der Waals surface area (Å²) in [6.45, 7) is 0. The molecular formula is C10H8Cl2N4OS. The molecule has 0 bridgehead atoms. The summed E-state index contributed by atoms with van der Waals surface area (Å²) in [5, 5.41) is 4.50. The number of amides is 1. The predicted molar refractivity (Wildman–Crippen MR) is 71.9 cm³/mol. The first-order chi connectivity index (χ1) is 8.59. The molecule has 0 radical (unpaired) electrons. The number of hydrogen-bond donors (Lipinski definition) is 2. The van der Waals surface area contributed by atoms with Crippen molar-refractivity contribution >= 4 is 46.1 Å². The Morgan fingerprint density at radius 2 is 2.06 bits per heavy atom. The monoisotopic (exact) mass is 302 g/mol. The zero-order valence-electron chi connectivity index (χ0n) is 8.93. The maximum atomic E-state index is 11.9. The quantitative estimate of drug-likeness (QED) is 0.854. The Balaban J connectivity index is 2.17. The Morgan fingerprint density at radius 1 is 1.39 bits per heavy atom. The molecule has 3 N–H and O–H groups in total. The van der Waals surface area contributed by atoms with Crippen LogP contribution in [0.15, 0.2) is 23.8 Å². The van der Waals surface area contributed by atoms with Crippen LogP contribution in [0.25, 0.3) is 0 Å². The lowest BCUT2D eigenvalue weighted by molar-refractivity contribution is -0.117. The first kappa shape index (κ1) is 13.2. The summed E-state index contributed by atoms with van der Waals surface area (Å²) in [5.74, 6) is -0.420. The minimum Gasteiger partial charge on any atom is -0.319 e. The van der Waals surface area contributed by atoms with Gasteiger partial charge in [0.1, 0.15) is 18.1 Å². The Bertz CT molecular complexity index is 541. The van der Waals surface area contributed by atoms with Gasteiger partial charge in [0.05, 0.1) is 0 Å². The summed E-state index contributed by atoms with van der Waals surface area (Å²) < 4.78 is 0. The Morgan fingerprint density at radius 3 is 2.61 bits per heavy atom. The van der Waals surface area contributed by atoms with E-state index >= 15 is 0 Å². The van der Waals surface area contributed by atoms with Crippen LogP contribution < -0.4 is 11.1 Å². The number of nitrogens with zero attached hydrogens (tertiary/aromatic N) is 2. The van der Waals surface area contributed by atoms with E-state index in [4.69, 9.17) is 28.9 Å². The van der Waals surface area contributed by atoms with Gasteiger partial charge in [-0.2, -0.15) is 0 Å². The highest BCUT2D eigenvalue weighted by Crippen LogP contribution is 2.27. The number of halogens is 2. The highest BCUT2D eigenvalue weighted by molar-refractivity contribution is 7.10. The summed E-state index contributed by atoms with van der Waals surface area (Å²) in [6, 6.07) is 2.82. The van der Waals surface area contributed by atoms with Gasteiger partial charge in [-0.15, -0.1) is 11.3 Å². The minimum absolute atomic E-state index is 0.0710. The van der Waals surface area contributed by atoms with Gasteiger partial charge < -0.3 is 11.1 Å². The van der Waals surface area contributed by atoms with Gasteiger partial charge in [0.25, 0.3) is 0 Å². The molecule has 0 aliphatic heterocycles. The van der Waals surface area contributed by atoms with Crippen molar-refractivity contribution in [3.05, 3.63) is 39.0 Å². The van der Waals surface area contributed by atoms with Crippen molar-refractivity contribution in [2.75, 3.05) is 5.32 Å². The Hall–Kier alpha value is -1.21. The Labute approximate surface area is 117 Å². The summed E-state index contributed by atoms with van der Waals surface area (Å²) in [4.78, 5) is 20.1. The predicted octanol–water partition coefficient (Wildman–Crippen LogP) is 2.48. The Kier molecular flexibility index (Phi) is 4.13. The fraction of sp³-hybridized carbons (Fsp3) is 0.100. The van der Waals surface area contributed by atoms with E-state index in [0.29, 0.717) is 0 Å². The topological polar surface area (TPSA) is 80.9 Å². The van der Waals surface area contributed by atoms with E-state index in [0.717, 1.165) is 4.88 Å². The van der Waals surface area contributed by atoms with E-state index in [1.54, 1.807) is 6.07 Å². The molecule has 0 fully saturated rings. The third-order valence-electron chi connectivity index (χ3n) is 2.14. The molecule has 94 valence electrons. The van der Waals surface area contributed by atoms with Crippen LogP contribution in [0.5, 0.6) is 0 Å². The summed E-state index contributed by atoms with van der Waals surface area (Å²) in [6.07, 6.45) is 1.21. The first-order valence-electron chi connectivity index (χ1n) is 4.85. The number of carbonyl (C=O) groups is 1. The lowest BCUT2D eigenvalue weighted by Gasteiger charge is -2.11. The number of thiophene rings is 1. The number of nitrogens with two attached hydrogens (primary N) is 1. The van der Waals surface area contributed by atoms with E-state index in [9.17, 15) is 4.79 Å². The minimum atomic E-state index is -0.780. The van der Waals surface area contributed by atoms with Gasteiger partial charge in [-0.25, -0.2) is 9.97 Å². The molecular weight excluding hydrogens is 295 g/mol. The highest BCUT2D eigenvalue weighted by Gasteiger charge is 2.19. The molecule has 8 heteroatoms. The zero-order chi connectivity index (χ0) is 13.1. The van der Waals surface area contributed by atoms with Crippen LogP contribution in [0, 0.1) is 0 Å². The molecule has 2 aromatic rings. The molecule has 0 aliphatic carbocycles. The summed E-state index contributed by atoms with van der Waals surface area (Å²) in [7, 11) is 0. The van der Waals surface area contributed by atoms with Crippen LogP contribution in [-0.4, -0.2) is 15.9 Å². The van der Waals surface area contributed by atoms with Crippen molar-refractivity contribution in [3.63, 3.8) is 0 Å². The number of nitrogens with one attached hydrogen (secondary N) is 1. The van der Waals surface area contributed by atoms with Crippen molar-refractivity contribution < 1.29 is 4.79 Å². The highest BCUT2D eigenvalue weighted by atomic mass is 35.5. The van der Waals surface area contributed by atoms with Crippen molar-refractivity contribution in [1.29, 1.82) is 0 Å². The number of rotatable bonds is 3. The molecule has 1 unspecified atom stereocenters. The van der Waals surface area contributed by atoms with E-state index in [-0.39, 0.29) is 16.0 Å². The molecule has 0 aliphatic rings. The van der Waals surface area contributed by atoms with Crippen molar-refractivity contribution in [2.24, 2.45) is 5.73 Å². The van der Waals surface area contributed by atoms with E-state index < -0.39 is 11.9 Å². The molecule has 1 amide bonds. The second kappa shape index (κ2) is 5.62. The molecule has 0 saturated heterocycles. The summed E-state index contributed by atoms with van der Waals surface area (Å²) in [5.41, 5.74) is 5.97. The number of aromatic nitrogens is 2. The van der Waals surface area contributed by atoms with Gasteiger partial charge in [0.2, 0.25) is 5.91 Å². The summed E-state index contributed by atoms with van der Waals surface area (Å²) >= 11 is 13.0.